The fraction of sp³-hybridized carbons (Fsp3) is 0.185. The minimum Gasteiger partial charge on any atom is -0.147 e. The van der Waals surface area contributed by atoms with Crippen molar-refractivity contribution in [3.05, 3.63) is 112 Å². The Labute approximate surface area is 206 Å². The Morgan fingerprint density at radius 1 is 0.613 bits per heavy atom. The number of allylic oxidation sites excluding steroid dienone is 2. The zero-order chi connectivity index (χ0) is 20.0. The number of hydrogen-bond donors (Lipinski definition) is 0. The number of benzene rings is 3. The van der Waals surface area contributed by atoms with Crippen LogP contribution in [0.2, 0.25) is 6.55 Å². The Hall–Kier alpha value is -1.18. The van der Waals surface area contributed by atoms with E-state index in [4.69, 9.17) is 0 Å². The molecule has 0 fully saturated rings. The van der Waals surface area contributed by atoms with Crippen molar-refractivity contribution in [2.75, 3.05) is 0 Å². The van der Waals surface area contributed by atoms with Crippen LogP contribution in [0.1, 0.15) is 43.4 Å². The molecule has 0 saturated carbocycles. The Balaban J connectivity index is 0.00000136. The number of rotatable bonds is 3. The second-order valence-corrected chi connectivity index (χ2v) is 24.2. The summed E-state index contributed by atoms with van der Waals surface area (Å²) in [6, 6.07) is 29.8. The van der Waals surface area contributed by atoms with E-state index in [0.29, 0.717) is 7.25 Å². The van der Waals surface area contributed by atoms with Crippen LogP contribution in [-0.2, 0) is 20.4 Å². The first-order valence-corrected chi connectivity index (χ1v) is 19.0. The third-order valence-corrected chi connectivity index (χ3v) is 27.4. The van der Waals surface area contributed by atoms with Crippen molar-refractivity contribution in [3.8, 4) is 0 Å². The summed E-state index contributed by atoms with van der Waals surface area (Å²) >= 11 is -2.06. The monoisotopic (exact) mass is 540 g/mol. The maximum absolute atomic E-state index is 2.62. The van der Waals surface area contributed by atoms with E-state index in [-0.39, 0.29) is 24.8 Å². The quantitative estimate of drug-likeness (QED) is 0.305. The number of hydrogen-bond acceptors (Lipinski definition) is 0. The molecule has 0 nitrogen and oxygen atoms in total. The summed E-state index contributed by atoms with van der Waals surface area (Å²) in [6.45, 7) is 7.41. The van der Waals surface area contributed by atoms with Gasteiger partial charge in [0, 0.05) is 0 Å². The van der Waals surface area contributed by atoms with Gasteiger partial charge in [0.05, 0.1) is 0 Å². The van der Waals surface area contributed by atoms with Gasteiger partial charge in [-0.25, -0.2) is 0 Å². The van der Waals surface area contributed by atoms with Gasteiger partial charge in [-0.2, -0.15) is 0 Å². The van der Waals surface area contributed by atoms with Crippen LogP contribution in [0, 0.1) is 0 Å². The predicted molar refractivity (Wildman–Crippen MR) is 138 cm³/mol. The molecule has 2 unspecified atom stereocenters. The molecule has 0 heterocycles. The summed E-state index contributed by atoms with van der Waals surface area (Å²) in [4.78, 5) is 0. The van der Waals surface area contributed by atoms with Crippen molar-refractivity contribution in [1.29, 1.82) is 0 Å². The van der Waals surface area contributed by atoms with E-state index in [1.165, 1.54) is 11.1 Å². The largest absolute Gasteiger partial charge is 0.147 e. The average Bonchev–Trinajstić information content (AvgIpc) is 3.25. The van der Waals surface area contributed by atoms with Gasteiger partial charge in [-0.3, -0.25) is 0 Å². The van der Waals surface area contributed by atoms with Crippen molar-refractivity contribution < 1.29 is 20.4 Å². The topological polar surface area (TPSA) is 0 Å². The van der Waals surface area contributed by atoms with Gasteiger partial charge in [-0.1, -0.05) is 0 Å². The molecule has 31 heavy (non-hydrogen) atoms. The Morgan fingerprint density at radius 2 is 1.03 bits per heavy atom. The van der Waals surface area contributed by atoms with E-state index >= 15 is 0 Å². The Bertz CT molecular complexity index is 1130. The fourth-order valence-electron chi connectivity index (χ4n) is 5.24. The van der Waals surface area contributed by atoms with Crippen molar-refractivity contribution in [1.82, 2.24) is 0 Å². The summed E-state index contributed by atoms with van der Waals surface area (Å²) in [5.74, 6) is 0. The first-order chi connectivity index (χ1) is 14.1. The molecule has 0 N–H and O–H groups in total. The summed E-state index contributed by atoms with van der Waals surface area (Å²) in [7, 11) is 0. The van der Waals surface area contributed by atoms with Crippen LogP contribution in [0.25, 0.3) is 12.2 Å². The summed E-state index contributed by atoms with van der Waals surface area (Å²) < 4.78 is 1.37. The van der Waals surface area contributed by atoms with Gasteiger partial charge in [0.2, 0.25) is 0 Å². The molecule has 0 saturated heterocycles. The van der Waals surface area contributed by atoms with Crippen molar-refractivity contribution in [2.24, 2.45) is 0 Å². The maximum Gasteiger partial charge on any atom is -0.147 e. The molecule has 3 aromatic rings. The van der Waals surface area contributed by atoms with Gasteiger partial charge in [0.25, 0.3) is 0 Å². The van der Waals surface area contributed by atoms with E-state index in [9.17, 15) is 0 Å². The van der Waals surface area contributed by atoms with E-state index in [2.05, 4.69) is 111 Å². The molecule has 0 aromatic heterocycles. The van der Waals surface area contributed by atoms with Gasteiger partial charge < -0.3 is 0 Å². The van der Waals surface area contributed by atoms with Gasteiger partial charge >= 0.3 is 183 Å². The van der Waals surface area contributed by atoms with E-state index in [0.717, 1.165) is 0 Å². The molecular weight excluding hydrogens is 515 g/mol. The smallest absolute Gasteiger partial charge is 0.147 e. The minimum atomic E-state index is -2.06. The third-order valence-electron chi connectivity index (χ3n) is 6.55. The predicted octanol–water partition coefficient (Wildman–Crippen LogP) is 7.29. The van der Waals surface area contributed by atoms with Crippen LogP contribution in [0.15, 0.2) is 90.0 Å². The van der Waals surface area contributed by atoms with Gasteiger partial charge in [-0.05, 0) is 0 Å². The van der Waals surface area contributed by atoms with Crippen LogP contribution < -0.4 is 5.19 Å². The van der Waals surface area contributed by atoms with Gasteiger partial charge in [0.15, 0.2) is 0 Å². The molecule has 2 atom stereocenters. The molecule has 4 heteroatoms. The van der Waals surface area contributed by atoms with Crippen molar-refractivity contribution in [2.45, 2.75) is 27.6 Å². The molecule has 2 aliphatic rings. The minimum absolute atomic E-state index is 0. The third kappa shape index (κ3) is 4.38. The van der Waals surface area contributed by atoms with Crippen LogP contribution >= 0.6 is 24.8 Å². The second kappa shape index (κ2) is 10.2. The number of halogens is 2. The molecule has 0 radical (unpaired) electrons. The molecule has 158 valence electrons. The molecule has 0 spiro atoms. The van der Waals surface area contributed by atoms with Gasteiger partial charge in [0.1, 0.15) is 0 Å². The zero-order valence-corrected chi connectivity index (χ0v) is 23.2. The first-order valence-electron chi connectivity index (χ1n) is 10.5. The molecule has 0 amide bonds. The number of fused-ring (bicyclic) bond motifs is 2. The Kier molecular flexibility index (Phi) is 8.03. The molecule has 0 aliphatic heterocycles. The van der Waals surface area contributed by atoms with Crippen LogP contribution in [0.5, 0.6) is 0 Å². The van der Waals surface area contributed by atoms with Crippen LogP contribution in [0.4, 0.5) is 0 Å². The zero-order valence-electron chi connectivity index (χ0n) is 18.1. The van der Waals surface area contributed by atoms with Crippen LogP contribution in [0.3, 0.4) is 0 Å². The maximum atomic E-state index is 2.62. The van der Waals surface area contributed by atoms with E-state index < -0.39 is 25.8 Å². The Morgan fingerprint density at radius 3 is 1.52 bits per heavy atom. The molecule has 3 aromatic carbocycles. The fourth-order valence-corrected chi connectivity index (χ4v) is 28.3. The standard InChI is InChI=1S/2C10H9.C7H8Si.2ClH.Zr/c2*1-8-6-9-4-2-3-5-10(9)7-8;1-8-7-5-3-2-4-6-7;;;/h2*2-7H,1H3;2-6H,1H3;2*1H;. The second-order valence-electron chi connectivity index (χ2n) is 8.35. The van der Waals surface area contributed by atoms with E-state index in [1.807, 2.05) is 0 Å². The summed E-state index contributed by atoms with van der Waals surface area (Å²) in [5, 5.41) is 1.63. The van der Waals surface area contributed by atoms with Gasteiger partial charge in [-0.15, -0.1) is 24.8 Å². The van der Waals surface area contributed by atoms with Crippen molar-refractivity contribution in [3.63, 3.8) is 0 Å². The first kappa shape index (κ1) is 24.5. The summed E-state index contributed by atoms with van der Waals surface area (Å²) in [6.07, 6.45) is 4.95. The normalized spacial score (nSPS) is 18.0. The average molecular weight is 543 g/mol. The van der Waals surface area contributed by atoms with Crippen LogP contribution in [-0.4, -0.2) is 5.43 Å². The molecule has 2 aliphatic carbocycles. The van der Waals surface area contributed by atoms with Crippen molar-refractivity contribution >= 4 is 47.6 Å². The SMILES string of the molecule is CC1=Cc2ccccc2[CH]1[Zr]([CH]1C(C)=Cc2ccccc21)=[Si](C)c1ccccc1.Cl.Cl. The van der Waals surface area contributed by atoms with E-state index in [1.54, 1.807) is 27.5 Å². The molecular formula is C27H28Cl2SiZr. The molecule has 5 rings (SSSR count). The summed E-state index contributed by atoms with van der Waals surface area (Å²) in [5.41, 5.74) is 8.75. The molecule has 0 bridgehead atoms.